The minimum Gasteiger partial charge on any atom is -0.361 e. The van der Waals surface area contributed by atoms with Gasteiger partial charge < -0.3 is 4.74 Å². The average molecular weight is 349 g/mol. The first-order valence-electron chi connectivity index (χ1n) is 9.56. The second-order valence-electron chi connectivity index (χ2n) is 7.98. The van der Waals surface area contributed by atoms with Gasteiger partial charge in [0.2, 0.25) is 0 Å². The van der Waals surface area contributed by atoms with Gasteiger partial charge in [0, 0.05) is 7.11 Å². The fraction of sp³-hybridized carbons (Fsp3) is 0.762. The molecule has 0 heterocycles. The molecule has 0 amide bonds. The van der Waals surface area contributed by atoms with E-state index in [2.05, 4.69) is 59.1 Å². The SMILES string of the molecule is COC(C#C[Si](C(C)C)(C(C)C)C(C)C)C(=O)C1=CCCCCC1. The second-order valence-corrected chi connectivity index (χ2v) is 13.6. The number of carbonyl (C=O) groups is 1. The molecule has 3 heteroatoms. The lowest BCUT2D eigenvalue weighted by Gasteiger charge is -2.38. The Labute approximate surface area is 150 Å². The van der Waals surface area contributed by atoms with E-state index < -0.39 is 14.2 Å². The normalized spacial score (nSPS) is 17.3. The minimum atomic E-state index is -1.82. The van der Waals surface area contributed by atoms with E-state index >= 15 is 0 Å². The van der Waals surface area contributed by atoms with Crippen molar-refractivity contribution in [2.45, 2.75) is 96.4 Å². The van der Waals surface area contributed by atoms with Crippen LogP contribution < -0.4 is 0 Å². The van der Waals surface area contributed by atoms with Crippen LogP contribution in [-0.2, 0) is 9.53 Å². The molecule has 0 aromatic rings. The van der Waals surface area contributed by atoms with Crippen molar-refractivity contribution in [3.05, 3.63) is 11.6 Å². The van der Waals surface area contributed by atoms with Crippen LogP contribution in [0.4, 0.5) is 0 Å². The standard InChI is InChI=1S/C21H36O2Si/c1-16(2)24(17(3)4,18(5)6)15-14-20(23-7)21(22)19-12-10-8-9-11-13-19/h12,16-18,20H,8-11,13H2,1-7H3. The number of hydrogen-bond acceptors (Lipinski definition) is 2. The van der Waals surface area contributed by atoms with Gasteiger partial charge in [0.25, 0.3) is 0 Å². The zero-order valence-corrected chi connectivity index (χ0v) is 17.7. The van der Waals surface area contributed by atoms with Crippen molar-refractivity contribution >= 4 is 13.9 Å². The Morgan fingerprint density at radius 2 is 1.62 bits per heavy atom. The number of ketones is 1. The van der Waals surface area contributed by atoms with Gasteiger partial charge in [-0.2, -0.15) is 0 Å². The summed E-state index contributed by atoms with van der Waals surface area (Å²) in [6.45, 7) is 13.7. The Morgan fingerprint density at radius 3 is 2.12 bits per heavy atom. The summed E-state index contributed by atoms with van der Waals surface area (Å²) in [7, 11) is -0.216. The summed E-state index contributed by atoms with van der Waals surface area (Å²) in [5.41, 5.74) is 6.26. The number of Topliss-reactive ketones (excluding diaryl/α,β-unsaturated/α-hetero) is 1. The predicted molar refractivity (Wildman–Crippen MR) is 106 cm³/mol. The number of allylic oxidation sites excluding steroid dienone is 1. The molecule has 1 unspecified atom stereocenters. The highest BCUT2D eigenvalue weighted by Gasteiger charge is 2.42. The number of carbonyl (C=O) groups excluding carboxylic acids is 1. The fourth-order valence-corrected chi connectivity index (χ4v) is 9.51. The Kier molecular flexibility index (Phi) is 8.46. The lowest BCUT2D eigenvalue weighted by atomic mass is 10.0. The Balaban J connectivity index is 3.11. The summed E-state index contributed by atoms with van der Waals surface area (Å²) >= 11 is 0. The molecule has 0 aromatic heterocycles. The van der Waals surface area contributed by atoms with Crippen LogP contribution in [0.3, 0.4) is 0 Å². The van der Waals surface area contributed by atoms with Crippen molar-refractivity contribution in [2.24, 2.45) is 0 Å². The molecule has 0 aromatic carbocycles. The molecule has 0 fully saturated rings. The topological polar surface area (TPSA) is 26.3 Å². The van der Waals surface area contributed by atoms with Gasteiger partial charge in [0.1, 0.15) is 8.07 Å². The van der Waals surface area contributed by atoms with E-state index in [1.54, 1.807) is 7.11 Å². The van der Waals surface area contributed by atoms with Crippen molar-refractivity contribution < 1.29 is 9.53 Å². The summed E-state index contributed by atoms with van der Waals surface area (Å²) in [6, 6.07) is 0. The van der Waals surface area contributed by atoms with E-state index in [1.807, 2.05) is 0 Å². The molecule has 0 bridgehead atoms. The van der Waals surface area contributed by atoms with Gasteiger partial charge in [0.15, 0.2) is 11.9 Å². The molecular formula is C21H36O2Si. The van der Waals surface area contributed by atoms with Crippen molar-refractivity contribution in [3.63, 3.8) is 0 Å². The molecule has 0 saturated carbocycles. The van der Waals surface area contributed by atoms with E-state index in [1.165, 1.54) is 12.8 Å². The molecule has 0 saturated heterocycles. The monoisotopic (exact) mass is 348 g/mol. The molecule has 0 radical (unpaired) electrons. The van der Waals surface area contributed by atoms with Crippen LogP contribution in [0.5, 0.6) is 0 Å². The summed E-state index contributed by atoms with van der Waals surface area (Å²) in [5, 5.41) is 0. The molecule has 0 spiro atoms. The van der Waals surface area contributed by atoms with Crippen LogP contribution in [0.15, 0.2) is 11.6 Å². The third kappa shape index (κ3) is 4.83. The van der Waals surface area contributed by atoms with Crippen LogP contribution >= 0.6 is 0 Å². The lowest BCUT2D eigenvalue weighted by molar-refractivity contribution is -0.122. The maximum absolute atomic E-state index is 12.8. The zero-order chi connectivity index (χ0) is 18.3. The fourth-order valence-electron chi connectivity index (χ4n) is 4.26. The number of rotatable bonds is 6. The molecule has 1 aliphatic carbocycles. The third-order valence-corrected chi connectivity index (χ3v) is 11.9. The van der Waals surface area contributed by atoms with Crippen molar-refractivity contribution in [1.82, 2.24) is 0 Å². The van der Waals surface area contributed by atoms with Crippen LogP contribution in [0, 0.1) is 11.5 Å². The molecule has 0 N–H and O–H groups in total. The van der Waals surface area contributed by atoms with Gasteiger partial charge in [0.05, 0.1) is 0 Å². The van der Waals surface area contributed by atoms with E-state index in [0.29, 0.717) is 16.6 Å². The maximum Gasteiger partial charge on any atom is 0.199 e. The minimum absolute atomic E-state index is 0.0890. The molecule has 136 valence electrons. The van der Waals surface area contributed by atoms with Crippen LogP contribution in [-0.4, -0.2) is 27.1 Å². The van der Waals surface area contributed by atoms with E-state index in [-0.39, 0.29) is 5.78 Å². The lowest BCUT2D eigenvalue weighted by Crippen LogP contribution is -2.43. The van der Waals surface area contributed by atoms with Gasteiger partial charge in [-0.25, -0.2) is 0 Å². The van der Waals surface area contributed by atoms with Gasteiger partial charge in [-0.1, -0.05) is 60.0 Å². The molecule has 1 rings (SSSR count). The van der Waals surface area contributed by atoms with Crippen molar-refractivity contribution in [1.29, 1.82) is 0 Å². The molecular weight excluding hydrogens is 312 g/mol. The summed E-state index contributed by atoms with van der Waals surface area (Å²) in [5.74, 6) is 3.36. The Hall–Kier alpha value is -0.853. The maximum atomic E-state index is 12.8. The highest BCUT2D eigenvalue weighted by molar-refractivity contribution is 6.90. The highest BCUT2D eigenvalue weighted by atomic mass is 28.3. The first kappa shape index (κ1) is 21.2. The quantitative estimate of drug-likeness (QED) is 0.456. The van der Waals surface area contributed by atoms with Crippen molar-refractivity contribution in [2.75, 3.05) is 7.11 Å². The average Bonchev–Trinajstić information content (AvgIpc) is 2.79. The Morgan fingerprint density at radius 1 is 1.04 bits per heavy atom. The van der Waals surface area contributed by atoms with Gasteiger partial charge >= 0.3 is 0 Å². The van der Waals surface area contributed by atoms with Gasteiger partial charge in [-0.3, -0.25) is 4.79 Å². The summed E-state index contributed by atoms with van der Waals surface area (Å²) in [6.07, 6.45) is 6.89. The second kappa shape index (κ2) is 9.58. The molecule has 1 aliphatic rings. The first-order valence-corrected chi connectivity index (χ1v) is 11.8. The van der Waals surface area contributed by atoms with Gasteiger partial charge in [-0.15, -0.1) is 5.54 Å². The number of ether oxygens (including phenoxy) is 1. The Bertz CT molecular complexity index is 484. The van der Waals surface area contributed by atoms with E-state index in [4.69, 9.17) is 4.74 Å². The van der Waals surface area contributed by atoms with Crippen molar-refractivity contribution in [3.8, 4) is 11.5 Å². The first-order chi connectivity index (χ1) is 11.3. The summed E-state index contributed by atoms with van der Waals surface area (Å²) < 4.78 is 5.50. The smallest absolute Gasteiger partial charge is 0.199 e. The number of methoxy groups -OCH3 is 1. The predicted octanol–water partition coefficient (Wildman–Crippen LogP) is 5.68. The van der Waals surface area contributed by atoms with E-state index in [0.717, 1.165) is 24.8 Å². The highest BCUT2D eigenvalue weighted by Crippen LogP contribution is 2.40. The van der Waals surface area contributed by atoms with E-state index in [9.17, 15) is 4.79 Å². The molecule has 24 heavy (non-hydrogen) atoms. The molecule has 2 nitrogen and oxygen atoms in total. The van der Waals surface area contributed by atoms with Crippen LogP contribution in [0.1, 0.15) is 73.6 Å². The zero-order valence-electron chi connectivity index (χ0n) is 16.7. The molecule has 0 aliphatic heterocycles. The van der Waals surface area contributed by atoms with Crippen LogP contribution in [0.25, 0.3) is 0 Å². The number of hydrogen-bond donors (Lipinski definition) is 0. The summed E-state index contributed by atoms with van der Waals surface area (Å²) in [4.78, 5) is 12.8. The third-order valence-electron chi connectivity index (χ3n) is 5.62. The van der Waals surface area contributed by atoms with Gasteiger partial charge in [-0.05, 0) is 47.9 Å². The molecule has 1 atom stereocenters. The van der Waals surface area contributed by atoms with Crippen LogP contribution in [0.2, 0.25) is 16.6 Å². The largest absolute Gasteiger partial charge is 0.361 e.